The molecule has 140 valence electrons. The molecule has 0 saturated carbocycles. The summed E-state index contributed by atoms with van der Waals surface area (Å²) in [5.41, 5.74) is 4.28. The van der Waals surface area contributed by atoms with Crippen molar-refractivity contribution in [2.24, 2.45) is 0 Å². The third kappa shape index (κ3) is 3.54. The van der Waals surface area contributed by atoms with E-state index in [0.29, 0.717) is 11.6 Å². The first kappa shape index (κ1) is 17.9. The highest BCUT2D eigenvalue weighted by molar-refractivity contribution is 7.92. The predicted molar refractivity (Wildman–Crippen MR) is 108 cm³/mol. The summed E-state index contributed by atoms with van der Waals surface area (Å²) in [5, 5.41) is 5.82. The maximum absolute atomic E-state index is 13.0. The zero-order chi connectivity index (χ0) is 19.2. The van der Waals surface area contributed by atoms with Crippen molar-refractivity contribution in [1.82, 2.24) is 4.98 Å². The van der Waals surface area contributed by atoms with Crippen LogP contribution in [0.3, 0.4) is 0 Å². The quantitative estimate of drug-likeness (QED) is 0.701. The highest BCUT2D eigenvalue weighted by atomic mass is 32.2. The molecule has 1 atom stereocenters. The molecule has 4 rings (SSSR count). The van der Waals surface area contributed by atoms with Gasteiger partial charge in [0.15, 0.2) is 5.13 Å². The summed E-state index contributed by atoms with van der Waals surface area (Å²) in [6, 6.07) is 11.8. The van der Waals surface area contributed by atoms with Crippen LogP contribution < -0.4 is 9.62 Å². The Morgan fingerprint density at radius 3 is 2.67 bits per heavy atom. The van der Waals surface area contributed by atoms with Gasteiger partial charge in [0.05, 0.1) is 17.6 Å². The van der Waals surface area contributed by atoms with Crippen LogP contribution in [0.25, 0.3) is 11.3 Å². The van der Waals surface area contributed by atoms with Gasteiger partial charge in [-0.1, -0.05) is 6.07 Å². The van der Waals surface area contributed by atoms with Crippen LogP contribution in [0, 0.1) is 5.82 Å². The largest absolute Gasteiger partial charge is 0.332 e. The van der Waals surface area contributed by atoms with Crippen LogP contribution in [-0.2, 0) is 16.4 Å². The highest BCUT2D eigenvalue weighted by Crippen LogP contribution is 2.37. The molecule has 1 aliphatic heterocycles. The van der Waals surface area contributed by atoms with E-state index in [1.807, 2.05) is 30.5 Å². The van der Waals surface area contributed by atoms with Gasteiger partial charge in [-0.15, -0.1) is 11.3 Å². The summed E-state index contributed by atoms with van der Waals surface area (Å²) in [6.07, 6.45) is 1.92. The SMILES string of the molecule is CC1Cc2cc(-c3csc(Nc4ccc(F)cc4)n3)ccc2N1S(C)(=O)=O. The van der Waals surface area contributed by atoms with Crippen molar-refractivity contribution in [3.05, 3.63) is 59.2 Å². The lowest BCUT2D eigenvalue weighted by Crippen LogP contribution is -2.34. The monoisotopic (exact) mass is 403 g/mol. The second kappa shape index (κ2) is 6.61. The predicted octanol–water partition coefficient (Wildman–Crippen LogP) is 4.40. The molecule has 0 saturated heterocycles. The van der Waals surface area contributed by atoms with E-state index in [4.69, 9.17) is 0 Å². The van der Waals surface area contributed by atoms with Crippen molar-refractivity contribution in [2.75, 3.05) is 15.9 Å². The van der Waals surface area contributed by atoms with Crippen molar-refractivity contribution in [2.45, 2.75) is 19.4 Å². The van der Waals surface area contributed by atoms with Crippen LogP contribution >= 0.6 is 11.3 Å². The zero-order valence-electron chi connectivity index (χ0n) is 14.8. The van der Waals surface area contributed by atoms with E-state index < -0.39 is 10.0 Å². The molecule has 2 aromatic carbocycles. The van der Waals surface area contributed by atoms with Gasteiger partial charge in [-0.2, -0.15) is 0 Å². The fourth-order valence-corrected chi connectivity index (χ4v) is 5.39. The highest BCUT2D eigenvalue weighted by Gasteiger charge is 2.32. The number of rotatable bonds is 4. The van der Waals surface area contributed by atoms with Gasteiger partial charge in [0.1, 0.15) is 5.82 Å². The van der Waals surface area contributed by atoms with E-state index >= 15 is 0 Å². The molecule has 0 spiro atoms. The maximum Gasteiger partial charge on any atom is 0.232 e. The Bertz CT molecular complexity index is 1090. The number of nitrogens with zero attached hydrogens (tertiary/aromatic N) is 2. The fraction of sp³-hybridized carbons (Fsp3) is 0.211. The van der Waals surface area contributed by atoms with Crippen LogP contribution in [0.1, 0.15) is 12.5 Å². The van der Waals surface area contributed by atoms with Gasteiger partial charge >= 0.3 is 0 Å². The Balaban J connectivity index is 1.60. The summed E-state index contributed by atoms with van der Waals surface area (Å²) >= 11 is 1.46. The Hall–Kier alpha value is -2.45. The van der Waals surface area contributed by atoms with Crippen molar-refractivity contribution < 1.29 is 12.8 Å². The summed E-state index contributed by atoms with van der Waals surface area (Å²) in [7, 11) is -3.29. The van der Waals surface area contributed by atoms with Gasteiger partial charge in [0.25, 0.3) is 0 Å². The maximum atomic E-state index is 13.0. The van der Waals surface area contributed by atoms with E-state index in [2.05, 4.69) is 10.3 Å². The minimum Gasteiger partial charge on any atom is -0.332 e. The molecule has 0 amide bonds. The van der Waals surface area contributed by atoms with Gasteiger partial charge in [0, 0.05) is 22.7 Å². The Morgan fingerprint density at radius 2 is 1.96 bits per heavy atom. The summed E-state index contributed by atoms with van der Waals surface area (Å²) in [6.45, 7) is 1.91. The van der Waals surface area contributed by atoms with Crippen LogP contribution in [0.5, 0.6) is 0 Å². The van der Waals surface area contributed by atoms with E-state index in [1.165, 1.54) is 34.0 Å². The summed E-state index contributed by atoms with van der Waals surface area (Å²) in [4.78, 5) is 4.59. The molecule has 3 aromatic rings. The number of benzene rings is 2. The number of thiazole rings is 1. The molecule has 0 radical (unpaired) electrons. The summed E-state index contributed by atoms with van der Waals surface area (Å²) in [5.74, 6) is -0.282. The Labute approximate surface area is 161 Å². The third-order valence-electron chi connectivity index (χ3n) is 4.49. The number of fused-ring (bicyclic) bond motifs is 1. The lowest BCUT2D eigenvalue weighted by atomic mass is 10.1. The van der Waals surface area contributed by atoms with Crippen molar-refractivity contribution >= 4 is 37.9 Å². The number of anilines is 3. The lowest BCUT2D eigenvalue weighted by molar-refractivity contribution is 0.590. The molecule has 0 fully saturated rings. The molecule has 0 bridgehead atoms. The standard InChI is InChI=1S/C19H18FN3O2S2/c1-12-9-14-10-13(3-8-18(14)23(12)27(2,24)25)17-11-26-19(22-17)21-16-6-4-15(20)5-7-16/h3-8,10-12H,9H2,1-2H3,(H,21,22). The molecule has 0 aliphatic carbocycles. The van der Waals surface area contributed by atoms with E-state index in [9.17, 15) is 12.8 Å². The van der Waals surface area contributed by atoms with Gasteiger partial charge < -0.3 is 5.32 Å². The number of nitrogens with one attached hydrogen (secondary N) is 1. The topological polar surface area (TPSA) is 62.3 Å². The number of halogens is 1. The average molecular weight is 404 g/mol. The number of aromatic nitrogens is 1. The lowest BCUT2D eigenvalue weighted by Gasteiger charge is -2.21. The average Bonchev–Trinajstić information content (AvgIpc) is 3.19. The second-order valence-corrected chi connectivity index (χ2v) is 9.34. The number of hydrogen-bond donors (Lipinski definition) is 1. The molecule has 8 heteroatoms. The first-order chi connectivity index (χ1) is 12.8. The van der Waals surface area contributed by atoms with E-state index in [1.54, 1.807) is 12.1 Å². The van der Waals surface area contributed by atoms with Gasteiger partial charge in [-0.05, 0) is 55.3 Å². The zero-order valence-corrected chi connectivity index (χ0v) is 16.4. The molecule has 1 aromatic heterocycles. The summed E-state index contributed by atoms with van der Waals surface area (Å²) < 4.78 is 38.6. The minimum absolute atomic E-state index is 0.0867. The van der Waals surface area contributed by atoms with Crippen LogP contribution in [0.15, 0.2) is 47.8 Å². The van der Waals surface area contributed by atoms with Crippen LogP contribution in [-0.4, -0.2) is 25.7 Å². The van der Waals surface area contributed by atoms with E-state index in [0.717, 1.165) is 28.2 Å². The minimum atomic E-state index is -3.29. The number of sulfonamides is 1. The molecule has 1 aliphatic rings. The van der Waals surface area contributed by atoms with Crippen molar-refractivity contribution in [3.8, 4) is 11.3 Å². The van der Waals surface area contributed by atoms with Gasteiger partial charge in [0.2, 0.25) is 10.0 Å². The molecular formula is C19H18FN3O2S2. The van der Waals surface area contributed by atoms with Crippen LogP contribution in [0.4, 0.5) is 20.9 Å². The molecule has 1 unspecified atom stereocenters. The molecule has 2 heterocycles. The van der Waals surface area contributed by atoms with Crippen molar-refractivity contribution in [1.29, 1.82) is 0 Å². The normalized spacial score (nSPS) is 16.4. The van der Waals surface area contributed by atoms with E-state index in [-0.39, 0.29) is 11.9 Å². The van der Waals surface area contributed by atoms with Gasteiger partial charge in [-0.3, -0.25) is 4.31 Å². The Kier molecular flexibility index (Phi) is 4.39. The second-order valence-electron chi connectivity index (χ2n) is 6.63. The van der Waals surface area contributed by atoms with Gasteiger partial charge in [-0.25, -0.2) is 17.8 Å². The first-order valence-electron chi connectivity index (χ1n) is 8.42. The molecule has 27 heavy (non-hydrogen) atoms. The molecular weight excluding hydrogens is 385 g/mol. The molecule has 1 N–H and O–H groups in total. The van der Waals surface area contributed by atoms with Crippen molar-refractivity contribution in [3.63, 3.8) is 0 Å². The Morgan fingerprint density at radius 1 is 1.22 bits per heavy atom. The smallest absolute Gasteiger partial charge is 0.232 e. The first-order valence-corrected chi connectivity index (χ1v) is 11.1. The molecule has 5 nitrogen and oxygen atoms in total. The number of hydrogen-bond acceptors (Lipinski definition) is 5. The van der Waals surface area contributed by atoms with Crippen LogP contribution in [0.2, 0.25) is 0 Å². The third-order valence-corrected chi connectivity index (χ3v) is 6.51. The fourth-order valence-electron chi connectivity index (χ4n) is 3.39.